The summed E-state index contributed by atoms with van der Waals surface area (Å²) in [5, 5.41) is 0.728. The quantitative estimate of drug-likeness (QED) is 0.853. The van der Waals surface area contributed by atoms with Crippen LogP contribution in [-0.2, 0) is 9.53 Å². The van der Waals surface area contributed by atoms with Crippen LogP contribution in [0.3, 0.4) is 0 Å². The molecule has 2 rings (SSSR count). The fraction of sp³-hybridized carbons (Fsp3) is 0.588. The molecule has 1 aliphatic rings. The second-order valence-corrected chi connectivity index (χ2v) is 6.64. The van der Waals surface area contributed by atoms with Crippen LogP contribution in [0.25, 0.3) is 0 Å². The molecule has 0 bridgehead atoms. The van der Waals surface area contributed by atoms with Crippen molar-refractivity contribution in [2.75, 3.05) is 26.7 Å². The summed E-state index contributed by atoms with van der Waals surface area (Å²) in [5.74, 6) is 0.158. The molecule has 0 radical (unpaired) electrons. The molecule has 1 aliphatic heterocycles. The molecule has 1 aromatic rings. The van der Waals surface area contributed by atoms with Gasteiger partial charge in [0.05, 0.1) is 18.8 Å². The second-order valence-electron chi connectivity index (χ2n) is 6.20. The minimum Gasteiger partial charge on any atom is -0.372 e. The highest BCUT2D eigenvalue weighted by Crippen LogP contribution is 2.21. The van der Waals surface area contributed by atoms with Gasteiger partial charge in [-0.1, -0.05) is 23.7 Å². The van der Waals surface area contributed by atoms with Gasteiger partial charge in [0.2, 0.25) is 5.91 Å². The molecule has 0 aliphatic carbocycles. The number of carbonyl (C=O) groups is 1. The van der Waals surface area contributed by atoms with Gasteiger partial charge in [-0.2, -0.15) is 0 Å². The van der Waals surface area contributed by atoms with Crippen molar-refractivity contribution in [1.82, 2.24) is 9.80 Å². The van der Waals surface area contributed by atoms with Crippen LogP contribution >= 0.6 is 11.6 Å². The average Bonchev–Trinajstić information content (AvgIpc) is 2.46. The van der Waals surface area contributed by atoms with Gasteiger partial charge >= 0.3 is 0 Å². The molecule has 1 aromatic carbocycles. The summed E-state index contributed by atoms with van der Waals surface area (Å²) in [7, 11) is 1.98. The lowest BCUT2D eigenvalue weighted by atomic mass is 10.1. The zero-order chi connectivity index (χ0) is 16.3. The van der Waals surface area contributed by atoms with Crippen LogP contribution in [0.1, 0.15) is 32.4 Å². The molecule has 0 aromatic heterocycles. The highest BCUT2D eigenvalue weighted by atomic mass is 35.5. The molecule has 0 spiro atoms. The van der Waals surface area contributed by atoms with Gasteiger partial charge in [0, 0.05) is 24.2 Å². The number of rotatable bonds is 4. The summed E-state index contributed by atoms with van der Waals surface area (Å²) < 4.78 is 5.68. The summed E-state index contributed by atoms with van der Waals surface area (Å²) in [4.78, 5) is 16.5. The summed E-state index contributed by atoms with van der Waals surface area (Å²) in [5.41, 5.74) is 1.16. The number of morpholine rings is 1. The van der Waals surface area contributed by atoms with Gasteiger partial charge in [-0.05, 0) is 45.5 Å². The number of likely N-dealkylation sites (N-methyl/N-ethyl adjacent to an activating group) is 1. The van der Waals surface area contributed by atoms with Crippen molar-refractivity contribution in [1.29, 1.82) is 0 Å². The van der Waals surface area contributed by atoms with Crippen LogP contribution in [0.4, 0.5) is 0 Å². The third-order valence-electron chi connectivity index (χ3n) is 4.17. The Bertz CT molecular complexity index is 496. The van der Waals surface area contributed by atoms with Crippen molar-refractivity contribution < 1.29 is 9.53 Å². The lowest BCUT2D eigenvalue weighted by Gasteiger charge is -2.36. The molecule has 3 unspecified atom stereocenters. The molecule has 122 valence electrons. The average molecular weight is 325 g/mol. The molecule has 1 amide bonds. The lowest BCUT2D eigenvalue weighted by Crippen LogP contribution is -2.50. The van der Waals surface area contributed by atoms with Crippen LogP contribution in [-0.4, -0.2) is 54.6 Å². The van der Waals surface area contributed by atoms with Crippen molar-refractivity contribution in [3.8, 4) is 0 Å². The van der Waals surface area contributed by atoms with Crippen molar-refractivity contribution in [3.63, 3.8) is 0 Å². The fourth-order valence-corrected chi connectivity index (χ4v) is 2.95. The topological polar surface area (TPSA) is 32.8 Å². The van der Waals surface area contributed by atoms with Gasteiger partial charge in [-0.15, -0.1) is 0 Å². The van der Waals surface area contributed by atoms with E-state index in [1.54, 1.807) is 0 Å². The van der Waals surface area contributed by atoms with E-state index in [1.807, 2.05) is 50.1 Å². The zero-order valence-electron chi connectivity index (χ0n) is 13.8. The van der Waals surface area contributed by atoms with E-state index in [-0.39, 0.29) is 24.2 Å². The molecule has 0 N–H and O–H groups in total. The van der Waals surface area contributed by atoms with E-state index in [9.17, 15) is 4.79 Å². The minimum absolute atomic E-state index is 0.103. The molecule has 1 heterocycles. The number of ether oxygens (including phenoxy) is 1. The van der Waals surface area contributed by atoms with Crippen LogP contribution in [0.2, 0.25) is 5.02 Å². The van der Waals surface area contributed by atoms with Crippen LogP contribution < -0.4 is 0 Å². The van der Waals surface area contributed by atoms with Gasteiger partial charge < -0.3 is 9.64 Å². The third-order valence-corrected chi connectivity index (χ3v) is 4.42. The van der Waals surface area contributed by atoms with Crippen molar-refractivity contribution in [2.24, 2.45) is 0 Å². The number of benzene rings is 1. The Labute approximate surface area is 138 Å². The maximum atomic E-state index is 12.5. The first-order valence-electron chi connectivity index (χ1n) is 7.75. The molecular formula is C17H25ClN2O2. The second kappa shape index (κ2) is 7.44. The number of carbonyl (C=O) groups excluding carboxylic acids is 1. The predicted molar refractivity (Wildman–Crippen MR) is 89.1 cm³/mol. The molecule has 3 atom stereocenters. The molecule has 22 heavy (non-hydrogen) atoms. The van der Waals surface area contributed by atoms with Gasteiger partial charge in [0.15, 0.2) is 0 Å². The Morgan fingerprint density at radius 3 is 2.41 bits per heavy atom. The largest absolute Gasteiger partial charge is 0.372 e. The molecule has 5 heteroatoms. The molecule has 1 fully saturated rings. The third kappa shape index (κ3) is 4.45. The van der Waals surface area contributed by atoms with Gasteiger partial charge in [-0.25, -0.2) is 0 Å². The molecule has 1 saturated heterocycles. The Morgan fingerprint density at radius 1 is 1.32 bits per heavy atom. The molecule has 0 saturated carbocycles. The summed E-state index contributed by atoms with van der Waals surface area (Å²) in [6.07, 6.45) is 0.207. The lowest BCUT2D eigenvalue weighted by molar-refractivity contribution is -0.144. The first-order chi connectivity index (χ1) is 10.4. The fourth-order valence-electron chi connectivity index (χ4n) is 2.83. The Kier molecular flexibility index (Phi) is 5.84. The maximum Gasteiger partial charge on any atom is 0.236 e. The van der Waals surface area contributed by atoms with E-state index in [0.29, 0.717) is 19.6 Å². The molecular weight excluding hydrogens is 300 g/mol. The van der Waals surface area contributed by atoms with E-state index in [2.05, 4.69) is 11.8 Å². The smallest absolute Gasteiger partial charge is 0.236 e. The van der Waals surface area contributed by atoms with Gasteiger partial charge in [0.25, 0.3) is 0 Å². The van der Waals surface area contributed by atoms with E-state index >= 15 is 0 Å². The Balaban J connectivity index is 1.94. The highest BCUT2D eigenvalue weighted by molar-refractivity contribution is 6.30. The normalized spacial score (nSPS) is 23.6. The summed E-state index contributed by atoms with van der Waals surface area (Å²) in [6.45, 7) is 7.87. The monoisotopic (exact) mass is 324 g/mol. The van der Waals surface area contributed by atoms with Crippen molar-refractivity contribution >= 4 is 17.5 Å². The SMILES string of the molecule is CC1CN(C(=O)CN(C)C(C)c2ccc(Cl)cc2)CC(C)O1. The van der Waals surface area contributed by atoms with Crippen molar-refractivity contribution in [2.45, 2.75) is 39.0 Å². The van der Waals surface area contributed by atoms with Crippen molar-refractivity contribution in [3.05, 3.63) is 34.9 Å². The predicted octanol–water partition coefficient (Wildman–Crippen LogP) is 2.97. The number of amides is 1. The standard InChI is InChI=1S/C17H25ClN2O2/c1-12-9-20(10-13(2)22-12)17(21)11-19(4)14(3)15-5-7-16(18)8-6-15/h5-8,12-14H,9-11H2,1-4H3. The maximum absolute atomic E-state index is 12.5. The number of hydrogen-bond acceptors (Lipinski definition) is 3. The first-order valence-corrected chi connectivity index (χ1v) is 8.13. The Morgan fingerprint density at radius 2 is 1.86 bits per heavy atom. The molecule has 4 nitrogen and oxygen atoms in total. The number of halogens is 1. The van der Waals surface area contributed by atoms with Crippen LogP contribution in [0, 0.1) is 0 Å². The van der Waals surface area contributed by atoms with Gasteiger partial charge in [0.1, 0.15) is 0 Å². The van der Waals surface area contributed by atoms with E-state index < -0.39 is 0 Å². The summed E-state index contributed by atoms with van der Waals surface area (Å²) in [6, 6.07) is 7.94. The van der Waals surface area contributed by atoms with Crippen LogP contribution in [0.5, 0.6) is 0 Å². The highest BCUT2D eigenvalue weighted by Gasteiger charge is 2.27. The number of hydrogen-bond donors (Lipinski definition) is 0. The zero-order valence-corrected chi connectivity index (χ0v) is 14.5. The van der Waals surface area contributed by atoms with E-state index in [0.717, 1.165) is 10.6 Å². The first kappa shape index (κ1) is 17.3. The summed E-state index contributed by atoms with van der Waals surface area (Å²) >= 11 is 5.92. The number of nitrogens with zero attached hydrogens (tertiary/aromatic N) is 2. The minimum atomic E-state index is 0.103. The van der Waals surface area contributed by atoms with E-state index in [1.165, 1.54) is 0 Å². The van der Waals surface area contributed by atoms with Crippen LogP contribution in [0.15, 0.2) is 24.3 Å². The van der Waals surface area contributed by atoms with E-state index in [4.69, 9.17) is 16.3 Å². The Hall–Kier alpha value is -1.10. The van der Waals surface area contributed by atoms with Gasteiger partial charge in [-0.3, -0.25) is 9.69 Å².